The molecule has 0 aliphatic rings. The summed E-state index contributed by atoms with van der Waals surface area (Å²) in [6.07, 6.45) is 0.406. The van der Waals surface area contributed by atoms with Gasteiger partial charge in [-0.3, -0.25) is 4.79 Å². The van der Waals surface area contributed by atoms with Gasteiger partial charge in [0.05, 0.1) is 12.5 Å². The molecular formula is C13H18ClNO2. The van der Waals surface area contributed by atoms with Crippen molar-refractivity contribution in [3.63, 3.8) is 0 Å². The SMILES string of the molecule is CC(O)CC(C)NC(=O)Cc1ccccc1Cl. The minimum absolute atomic E-state index is 0.0370. The zero-order valence-corrected chi connectivity index (χ0v) is 10.9. The van der Waals surface area contributed by atoms with Gasteiger partial charge in [-0.05, 0) is 31.9 Å². The number of carbonyl (C=O) groups excluding carboxylic acids is 1. The second-order valence-electron chi connectivity index (χ2n) is 4.32. The molecule has 1 aromatic rings. The Kier molecular flexibility index (Phi) is 5.45. The van der Waals surface area contributed by atoms with E-state index in [4.69, 9.17) is 11.6 Å². The van der Waals surface area contributed by atoms with Gasteiger partial charge in [0.2, 0.25) is 5.91 Å². The molecule has 1 rings (SSSR count). The molecule has 2 N–H and O–H groups in total. The summed E-state index contributed by atoms with van der Waals surface area (Å²) in [5, 5.41) is 12.6. The highest BCUT2D eigenvalue weighted by atomic mass is 35.5. The number of hydrogen-bond donors (Lipinski definition) is 2. The maximum absolute atomic E-state index is 11.7. The van der Waals surface area contributed by atoms with Crippen LogP contribution in [0, 0.1) is 0 Å². The van der Waals surface area contributed by atoms with Gasteiger partial charge < -0.3 is 10.4 Å². The predicted molar refractivity (Wildman–Crippen MR) is 69.1 cm³/mol. The van der Waals surface area contributed by atoms with E-state index in [1.807, 2.05) is 25.1 Å². The van der Waals surface area contributed by atoms with E-state index in [1.54, 1.807) is 13.0 Å². The fourth-order valence-corrected chi connectivity index (χ4v) is 1.91. The maximum atomic E-state index is 11.7. The summed E-state index contributed by atoms with van der Waals surface area (Å²) < 4.78 is 0. The first-order valence-electron chi connectivity index (χ1n) is 5.70. The standard InChI is InChI=1S/C13H18ClNO2/c1-9(7-10(2)16)15-13(17)8-11-5-3-4-6-12(11)14/h3-6,9-10,16H,7-8H2,1-2H3,(H,15,17). The largest absolute Gasteiger partial charge is 0.393 e. The Bertz CT molecular complexity index is 379. The Morgan fingerprint density at radius 3 is 2.65 bits per heavy atom. The zero-order valence-electron chi connectivity index (χ0n) is 10.1. The van der Waals surface area contributed by atoms with Crippen LogP contribution in [0.3, 0.4) is 0 Å². The summed E-state index contributed by atoms with van der Waals surface area (Å²) >= 11 is 5.97. The van der Waals surface area contributed by atoms with Crippen LogP contribution in [-0.2, 0) is 11.2 Å². The highest BCUT2D eigenvalue weighted by molar-refractivity contribution is 6.31. The third-order valence-electron chi connectivity index (χ3n) is 2.41. The minimum atomic E-state index is -0.411. The van der Waals surface area contributed by atoms with Crippen molar-refractivity contribution in [1.82, 2.24) is 5.32 Å². The van der Waals surface area contributed by atoms with Crippen LogP contribution in [0.4, 0.5) is 0 Å². The topological polar surface area (TPSA) is 49.3 Å². The van der Waals surface area contributed by atoms with Crippen LogP contribution < -0.4 is 5.32 Å². The van der Waals surface area contributed by atoms with E-state index in [1.165, 1.54) is 0 Å². The molecule has 1 amide bonds. The third-order valence-corrected chi connectivity index (χ3v) is 2.78. The van der Waals surface area contributed by atoms with Gasteiger partial charge in [-0.1, -0.05) is 29.8 Å². The molecule has 0 bridgehead atoms. The lowest BCUT2D eigenvalue weighted by Gasteiger charge is -2.15. The minimum Gasteiger partial charge on any atom is -0.393 e. The molecule has 0 saturated carbocycles. The summed E-state index contributed by atoms with van der Waals surface area (Å²) in [5.74, 6) is -0.0775. The Labute approximate surface area is 107 Å². The van der Waals surface area contributed by atoms with Gasteiger partial charge in [0.15, 0.2) is 0 Å². The van der Waals surface area contributed by atoms with Crippen LogP contribution in [0.2, 0.25) is 5.02 Å². The zero-order chi connectivity index (χ0) is 12.8. The van der Waals surface area contributed by atoms with E-state index in [-0.39, 0.29) is 18.4 Å². The molecule has 0 fully saturated rings. The number of aliphatic hydroxyl groups excluding tert-OH is 1. The second-order valence-corrected chi connectivity index (χ2v) is 4.73. The summed E-state index contributed by atoms with van der Waals surface area (Å²) in [5.41, 5.74) is 0.816. The van der Waals surface area contributed by atoms with Crippen LogP contribution in [0.15, 0.2) is 24.3 Å². The average Bonchev–Trinajstić information content (AvgIpc) is 2.19. The summed E-state index contributed by atoms with van der Waals surface area (Å²) in [4.78, 5) is 11.7. The van der Waals surface area contributed by atoms with Crippen molar-refractivity contribution in [3.8, 4) is 0 Å². The normalized spacial score (nSPS) is 14.1. The number of hydrogen-bond acceptors (Lipinski definition) is 2. The van der Waals surface area contributed by atoms with Crippen molar-refractivity contribution < 1.29 is 9.90 Å². The molecule has 0 heterocycles. The Hall–Kier alpha value is -1.06. The van der Waals surface area contributed by atoms with Gasteiger partial charge >= 0.3 is 0 Å². The number of benzene rings is 1. The monoisotopic (exact) mass is 255 g/mol. The number of halogens is 1. The van der Waals surface area contributed by atoms with Crippen LogP contribution >= 0.6 is 11.6 Å². The first kappa shape index (κ1) is 14.0. The molecule has 0 spiro atoms. The molecule has 0 aliphatic heterocycles. The fraction of sp³-hybridized carbons (Fsp3) is 0.462. The van der Waals surface area contributed by atoms with Crippen molar-refractivity contribution in [2.75, 3.05) is 0 Å². The summed E-state index contributed by atoms with van der Waals surface area (Å²) in [6.45, 7) is 3.58. The summed E-state index contributed by atoms with van der Waals surface area (Å²) in [7, 11) is 0. The van der Waals surface area contributed by atoms with Crippen LogP contribution in [0.25, 0.3) is 0 Å². The first-order valence-corrected chi connectivity index (χ1v) is 6.07. The number of aliphatic hydroxyl groups is 1. The van der Waals surface area contributed by atoms with Crippen LogP contribution in [0.5, 0.6) is 0 Å². The summed E-state index contributed by atoms with van der Waals surface area (Å²) in [6, 6.07) is 7.25. The van der Waals surface area contributed by atoms with Gasteiger partial charge in [0.25, 0.3) is 0 Å². The van der Waals surface area contributed by atoms with Crippen molar-refractivity contribution in [3.05, 3.63) is 34.9 Å². The quantitative estimate of drug-likeness (QED) is 0.847. The van der Waals surface area contributed by atoms with E-state index >= 15 is 0 Å². The molecular weight excluding hydrogens is 238 g/mol. The average molecular weight is 256 g/mol. The molecule has 0 radical (unpaired) electrons. The number of carbonyl (C=O) groups is 1. The number of amides is 1. The molecule has 0 aromatic heterocycles. The van der Waals surface area contributed by atoms with Gasteiger partial charge in [0, 0.05) is 11.1 Å². The lowest BCUT2D eigenvalue weighted by Crippen LogP contribution is -2.35. The van der Waals surface area contributed by atoms with E-state index < -0.39 is 6.10 Å². The second kappa shape index (κ2) is 6.62. The highest BCUT2D eigenvalue weighted by Crippen LogP contribution is 2.15. The Morgan fingerprint density at radius 1 is 1.41 bits per heavy atom. The van der Waals surface area contributed by atoms with Crippen LogP contribution in [0.1, 0.15) is 25.8 Å². The molecule has 3 nitrogen and oxygen atoms in total. The molecule has 17 heavy (non-hydrogen) atoms. The van der Waals surface area contributed by atoms with Gasteiger partial charge in [-0.25, -0.2) is 0 Å². The number of rotatable bonds is 5. The van der Waals surface area contributed by atoms with Crippen molar-refractivity contribution in [2.24, 2.45) is 0 Å². The maximum Gasteiger partial charge on any atom is 0.224 e. The molecule has 94 valence electrons. The highest BCUT2D eigenvalue weighted by Gasteiger charge is 2.11. The Balaban J connectivity index is 2.47. The molecule has 2 atom stereocenters. The van der Waals surface area contributed by atoms with E-state index in [9.17, 15) is 9.90 Å². The third kappa shape index (κ3) is 5.20. The smallest absolute Gasteiger partial charge is 0.224 e. The van der Waals surface area contributed by atoms with Crippen molar-refractivity contribution in [1.29, 1.82) is 0 Å². The van der Waals surface area contributed by atoms with Crippen molar-refractivity contribution in [2.45, 2.75) is 38.8 Å². The van der Waals surface area contributed by atoms with E-state index in [0.29, 0.717) is 11.4 Å². The van der Waals surface area contributed by atoms with E-state index in [2.05, 4.69) is 5.32 Å². The van der Waals surface area contributed by atoms with Crippen LogP contribution in [-0.4, -0.2) is 23.2 Å². The molecule has 2 unspecified atom stereocenters. The van der Waals surface area contributed by atoms with Gasteiger partial charge in [0.1, 0.15) is 0 Å². The number of nitrogens with one attached hydrogen (secondary N) is 1. The fourth-order valence-electron chi connectivity index (χ4n) is 1.71. The predicted octanol–water partition coefficient (Wildman–Crippen LogP) is 2.16. The molecule has 4 heteroatoms. The van der Waals surface area contributed by atoms with Gasteiger partial charge in [-0.2, -0.15) is 0 Å². The molecule has 0 saturated heterocycles. The Morgan fingerprint density at radius 2 is 2.06 bits per heavy atom. The molecule has 1 aromatic carbocycles. The molecule has 0 aliphatic carbocycles. The van der Waals surface area contributed by atoms with Gasteiger partial charge in [-0.15, -0.1) is 0 Å². The lowest BCUT2D eigenvalue weighted by molar-refractivity contribution is -0.121. The van der Waals surface area contributed by atoms with E-state index in [0.717, 1.165) is 5.56 Å². The first-order chi connectivity index (χ1) is 7.99. The van der Waals surface area contributed by atoms with Crippen molar-refractivity contribution >= 4 is 17.5 Å². The lowest BCUT2D eigenvalue weighted by atomic mass is 10.1.